The number of hydrogen-bond donors (Lipinski definition) is 1. The average Bonchev–Trinajstić information content (AvgIpc) is 3.02. The van der Waals surface area contributed by atoms with Crippen molar-refractivity contribution in [2.45, 2.75) is 32.2 Å². The molecule has 1 aliphatic rings. The monoisotopic (exact) mass is 315 g/mol. The second-order valence-electron chi connectivity index (χ2n) is 5.94. The van der Waals surface area contributed by atoms with Gasteiger partial charge in [0.05, 0.1) is 26.1 Å². The van der Waals surface area contributed by atoms with E-state index in [0.29, 0.717) is 17.9 Å². The van der Waals surface area contributed by atoms with Crippen LogP contribution in [-0.2, 0) is 4.79 Å². The topological polar surface area (TPSA) is 65.4 Å². The molecule has 2 heterocycles. The number of ether oxygens (including phenoxy) is 2. The maximum atomic E-state index is 12.1. The fourth-order valence-electron chi connectivity index (χ4n) is 2.94. The molecule has 2 aromatic rings. The van der Waals surface area contributed by atoms with E-state index < -0.39 is 0 Å². The van der Waals surface area contributed by atoms with E-state index in [9.17, 15) is 4.79 Å². The van der Waals surface area contributed by atoms with Crippen molar-refractivity contribution in [3.8, 4) is 11.5 Å². The molecular weight excluding hydrogens is 294 g/mol. The highest BCUT2D eigenvalue weighted by atomic mass is 16.5. The maximum absolute atomic E-state index is 12.1. The Hall–Kier alpha value is -2.50. The van der Waals surface area contributed by atoms with Crippen LogP contribution in [0.25, 0.3) is 0 Å². The number of hydrogen-bond acceptors (Lipinski definition) is 4. The van der Waals surface area contributed by atoms with Gasteiger partial charge >= 0.3 is 0 Å². The smallest absolute Gasteiger partial charge is 0.225 e. The number of nitrogens with one attached hydrogen (secondary N) is 1. The lowest BCUT2D eigenvalue weighted by Gasteiger charge is -2.27. The number of carbonyl (C=O) groups is 1. The van der Waals surface area contributed by atoms with Crippen molar-refractivity contribution < 1.29 is 14.3 Å². The Morgan fingerprint density at radius 2 is 2.09 bits per heavy atom. The molecule has 0 radical (unpaired) electrons. The molecule has 0 saturated heterocycles. The number of anilines is 1. The Kier molecular flexibility index (Phi) is 3.98. The summed E-state index contributed by atoms with van der Waals surface area (Å²) in [5.41, 5.74) is 2.72. The lowest BCUT2D eigenvalue weighted by atomic mass is 9.85. The molecule has 0 fully saturated rings. The molecule has 6 nitrogen and oxygen atoms in total. The number of rotatable bonds is 4. The van der Waals surface area contributed by atoms with Crippen LogP contribution in [0, 0.1) is 0 Å². The molecule has 1 aromatic heterocycles. The van der Waals surface area contributed by atoms with Gasteiger partial charge in [-0.25, -0.2) is 0 Å². The summed E-state index contributed by atoms with van der Waals surface area (Å²) in [6.45, 7) is 4.15. The molecule has 1 amide bonds. The predicted octanol–water partition coefficient (Wildman–Crippen LogP) is 2.96. The van der Waals surface area contributed by atoms with Gasteiger partial charge < -0.3 is 14.8 Å². The number of amides is 1. The molecular formula is C17H21N3O3. The molecule has 1 aromatic carbocycles. The minimum atomic E-state index is -0.0768. The van der Waals surface area contributed by atoms with E-state index >= 15 is 0 Å². The molecule has 1 unspecified atom stereocenters. The van der Waals surface area contributed by atoms with Gasteiger partial charge in [-0.05, 0) is 19.4 Å². The molecule has 0 spiro atoms. The summed E-state index contributed by atoms with van der Waals surface area (Å²) in [6, 6.07) is 3.95. The molecule has 1 N–H and O–H groups in total. The van der Waals surface area contributed by atoms with E-state index in [1.165, 1.54) is 0 Å². The molecule has 122 valence electrons. The van der Waals surface area contributed by atoms with Gasteiger partial charge in [0, 0.05) is 42.3 Å². The summed E-state index contributed by atoms with van der Waals surface area (Å²) in [6.07, 6.45) is 4.21. The number of carbonyl (C=O) groups excluding carboxylic acids is 1. The van der Waals surface area contributed by atoms with Gasteiger partial charge in [-0.3, -0.25) is 9.48 Å². The standard InChI is InChI=1S/C17H21N3O3/c1-10(2)20-9-11(8-18-20)13-7-16(21)19-14-5-12(22-3)6-15(23-4)17(13)14/h5-6,8-10,13H,7H2,1-4H3,(H,19,21). The number of benzene rings is 1. The Labute approximate surface area is 135 Å². The van der Waals surface area contributed by atoms with Gasteiger partial charge in [0.25, 0.3) is 0 Å². The van der Waals surface area contributed by atoms with E-state index in [1.54, 1.807) is 14.2 Å². The van der Waals surface area contributed by atoms with Crippen molar-refractivity contribution in [2.75, 3.05) is 19.5 Å². The van der Waals surface area contributed by atoms with E-state index in [4.69, 9.17) is 9.47 Å². The minimum absolute atomic E-state index is 0.0184. The van der Waals surface area contributed by atoms with Crippen LogP contribution >= 0.6 is 0 Å². The number of fused-ring (bicyclic) bond motifs is 1. The molecule has 23 heavy (non-hydrogen) atoms. The first-order chi connectivity index (χ1) is 11.0. The van der Waals surface area contributed by atoms with Gasteiger partial charge in [0.1, 0.15) is 11.5 Å². The van der Waals surface area contributed by atoms with Gasteiger partial charge in [-0.1, -0.05) is 0 Å². The Morgan fingerprint density at radius 3 is 2.70 bits per heavy atom. The zero-order valence-corrected chi connectivity index (χ0v) is 13.8. The maximum Gasteiger partial charge on any atom is 0.225 e. The van der Waals surface area contributed by atoms with E-state index in [2.05, 4.69) is 24.3 Å². The fraction of sp³-hybridized carbons (Fsp3) is 0.412. The number of nitrogens with zero attached hydrogens (tertiary/aromatic N) is 2. The Morgan fingerprint density at radius 1 is 1.30 bits per heavy atom. The zero-order valence-electron chi connectivity index (χ0n) is 13.8. The third kappa shape index (κ3) is 2.76. The largest absolute Gasteiger partial charge is 0.497 e. The average molecular weight is 315 g/mol. The van der Waals surface area contributed by atoms with Crippen LogP contribution in [0.5, 0.6) is 11.5 Å². The number of aromatic nitrogens is 2. The van der Waals surface area contributed by atoms with Crippen molar-refractivity contribution in [3.63, 3.8) is 0 Å². The van der Waals surface area contributed by atoms with E-state index in [1.807, 2.05) is 29.2 Å². The molecule has 0 saturated carbocycles. The van der Waals surface area contributed by atoms with Crippen LogP contribution in [0.15, 0.2) is 24.5 Å². The summed E-state index contributed by atoms with van der Waals surface area (Å²) in [5.74, 6) is 1.27. The summed E-state index contributed by atoms with van der Waals surface area (Å²) < 4.78 is 12.7. The first kappa shape index (κ1) is 15.4. The second-order valence-corrected chi connectivity index (χ2v) is 5.94. The molecule has 6 heteroatoms. The van der Waals surface area contributed by atoms with E-state index in [-0.39, 0.29) is 17.9 Å². The highest BCUT2D eigenvalue weighted by Gasteiger charge is 2.31. The predicted molar refractivity (Wildman–Crippen MR) is 87.2 cm³/mol. The summed E-state index contributed by atoms with van der Waals surface area (Å²) in [5, 5.41) is 7.31. The summed E-state index contributed by atoms with van der Waals surface area (Å²) >= 11 is 0. The third-order valence-electron chi connectivity index (χ3n) is 4.14. The molecule has 0 bridgehead atoms. The third-order valence-corrected chi connectivity index (χ3v) is 4.14. The first-order valence-corrected chi connectivity index (χ1v) is 7.63. The van der Waals surface area contributed by atoms with Crippen LogP contribution in [-0.4, -0.2) is 29.9 Å². The quantitative estimate of drug-likeness (QED) is 0.942. The van der Waals surface area contributed by atoms with Crippen molar-refractivity contribution in [1.82, 2.24) is 9.78 Å². The number of methoxy groups -OCH3 is 2. The van der Waals surface area contributed by atoms with Crippen molar-refractivity contribution >= 4 is 11.6 Å². The molecule has 1 aliphatic heterocycles. The SMILES string of the molecule is COc1cc2c(c(OC)c1)C(c1cnn(C(C)C)c1)CC(=O)N2. The van der Waals surface area contributed by atoms with Crippen molar-refractivity contribution in [3.05, 3.63) is 35.7 Å². The highest BCUT2D eigenvalue weighted by molar-refractivity contribution is 5.96. The highest BCUT2D eigenvalue weighted by Crippen LogP contribution is 2.44. The lowest BCUT2D eigenvalue weighted by molar-refractivity contribution is -0.116. The summed E-state index contributed by atoms with van der Waals surface area (Å²) in [7, 11) is 3.22. The Bertz CT molecular complexity index is 737. The zero-order chi connectivity index (χ0) is 16.6. The minimum Gasteiger partial charge on any atom is -0.497 e. The van der Waals surface area contributed by atoms with Gasteiger partial charge in [-0.15, -0.1) is 0 Å². The van der Waals surface area contributed by atoms with Crippen LogP contribution in [0.4, 0.5) is 5.69 Å². The first-order valence-electron chi connectivity index (χ1n) is 7.63. The Balaban J connectivity index is 2.11. The van der Waals surface area contributed by atoms with Gasteiger partial charge in [-0.2, -0.15) is 5.10 Å². The van der Waals surface area contributed by atoms with Crippen LogP contribution < -0.4 is 14.8 Å². The summed E-state index contributed by atoms with van der Waals surface area (Å²) in [4.78, 5) is 12.1. The van der Waals surface area contributed by atoms with Crippen LogP contribution in [0.2, 0.25) is 0 Å². The van der Waals surface area contributed by atoms with E-state index in [0.717, 1.165) is 16.8 Å². The van der Waals surface area contributed by atoms with Gasteiger partial charge in [0.15, 0.2) is 0 Å². The fourth-order valence-corrected chi connectivity index (χ4v) is 2.94. The van der Waals surface area contributed by atoms with Crippen molar-refractivity contribution in [2.24, 2.45) is 0 Å². The van der Waals surface area contributed by atoms with Crippen LogP contribution in [0.3, 0.4) is 0 Å². The molecule has 3 rings (SSSR count). The van der Waals surface area contributed by atoms with Crippen LogP contribution in [0.1, 0.15) is 43.4 Å². The van der Waals surface area contributed by atoms with Gasteiger partial charge in [0.2, 0.25) is 5.91 Å². The normalized spacial score (nSPS) is 16.9. The molecule has 0 aliphatic carbocycles. The second kappa shape index (κ2) is 5.95. The van der Waals surface area contributed by atoms with Crippen molar-refractivity contribution in [1.29, 1.82) is 0 Å². The molecule has 1 atom stereocenters. The lowest BCUT2D eigenvalue weighted by Crippen LogP contribution is -2.24.